The van der Waals surface area contributed by atoms with Crippen molar-refractivity contribution >= 4 is 0 Å². The third-order valence-electron chi connectivity index (χ3n) is 4.07. The molecule has 2 atom stereocenters. The molecule has 0 radical (unpaired) electrons. The number of rotatable bonds is 9. The average Bonchev–Trinajstić information content (AvgIpc) is 2.72. The number of hydrogen-bond donors (Lipinski definition) is 2. The fourth-order valence-corrected chi connectivity index (χ4v) is 3.16. The zero-order valence-corrected chi connectivity index (χ0v) is 12.4. The van der Waals surface area contributed by atoms with Gasteiger partial charge >= 0.3 is 0 Å². The van der Waals surface area contributed by atoms with E-state index in [0.717, 1.165) is 32.5 Å². The van der Waals surface area contributed by atoms with E-state index in [9.17, 15) is 5.11 Å². The summed E-state index contributed by atoms with van der Waals surface area (Å²) in [4.78, 5) is 0. The molecular formula is C15H31NO2. The van der Waals surface area contributed by atoms with E-state index in [1.165, 1.54) is 19.3 Å². The lowest BCUT2D eigenvalue weighted by atomic mass is 9.85. The molecule has 0 amide bonds. The van der Waals surface area contributed by atoms with Crippen molar-refractivity contribution in [2.45, 2.75) is 70.9 Å². The molecule has 3 nitrogen and oxygen atoms in total. The first-order valence-corrected chi connectivity index (χ1v) is 7.61. The molecule has 2 N–H and O–H groups in total. The van der Waals surface area contributed by atoms with Crippen LogP contribution in [0, 0.1) is 5.92 Å². The summed E-state index contributed by atoms with van der Waals surface area (Å²) in [5.74, 6) is 0.562. The molecule has 0 aromatic heterocycles. The Morgan fingerprint density at radius 2 is 2.17 bits per heavy atom. The summed E-state index contributed by atoms with van der Waals surface area (Å²) in [5, 5.41) is 13.4. The maximum atomic E-state index is 9.77. The summed E-state index contributed by atoms with van der Waals surface area (Å²) in [6, 6.07) is 0.429. The molecule has 1 aliphatic carbocycles. The van der Waals surface area contributed by atoms with Gasteiger partial charge in [-0.25, -0.2) is 0 Å². The molecule has 0 spiro atoms. The molecule has 0 aromatic carbocycles. The van der Waals surface area contributed by atoms with E-state index in [-0.39, 0.29) is 12.1 Å². The topological polar surface area (TPSA) is 41.5 Å². The Morgan fingerprint density at radius 3 is 2.78 bits per heavy atom. The Balaban J connectivity index is 2.37. The standard InChI is InChI=1S/C15H31NO2/c1-4-5-10-18-11-8-14-7-6-9-15(14,12-17)16-13(2)3/h13-14,16-17H,4-12H2,1-3H3. The quantitative estimate of drug-likeness (QED) is 0.624. The minimum Gasteiger partial charge on any atom is -0.394 e. The normalized spacial score (nSPS) is 28.2. The molecule has 108 valence electrons. The SMILES string of the molecule is CCCCOCCC1CCCC1(CO)NC(C)C. The molecular weight excluding hydrogens is 226 g/mol. The highest BCUT2D eigenvalue weighted by Gasteiger charge is 2.42. The summed E-state index contributed by atoms with van der Waals surface area (Å²) >= 11 is 0. The van der Waals surface area contributed by atoms with E-state index in [0.29, 0.717) is 12.0 Å². The van der Waals surface area contributed by atoms with Crippen LogP contribution in [0.4, 0.5) is 0 Å². The Kier molecular flexibility index (Phi) is 7.20. The van der Waals surface area contributed by atoms with Gasteiger partial charge in [0.2, 0.25) is 0 Å². The van der Waals surface area contributed by atoms with Crippen molar-refractivity contribution in [1.29, 1.82) is 0 Å². The van der Waals surface area contributed by atoms with Crippen LogP contribution in [0.5, 0.6) is 0 Å². The van der Waals surface area contributed by atoms with E-state index in [1.807, 2.05) is 0 Å². The Morgan fingerprint density at radius 1 is 1.39 bits per heavy atom. The lowest BCUT2D eigenvalue weighted by molar-refractivity contribution is 0.0736. The van der Waals surface area contributed by atoms with E-state index in [2.05, 4.69) is 26.1 Å². The zero-order chi connectivity index (χ0) is 13.4. The molecule has 1 saturated carbocycles. The Hall–Kier alpha value is -0.120. The van der Waals surface area contributed by atoms with Gasteiger partial charge in [0.25, 0.3) is 0 Å². The fourth-order valence-electron chi connectivity index (χ4n) is 3.16. The second-order valence-corrected chi connectivity index (χ2v) is 5.96. The van der Waals surface area contributed by atoms with Crippen molar-refractivity contribution in [1.82, 2.24) is 5.32 Å². The van der Waals surface area contributed by atoms with Gasteiger partial charge < -0.3 is 15.2 Å². The number of aliphatic hydroxyl groups excluding tert-OH is 1. The smallest absolute Gasteiger partial charge is 0.0616 e. The largest absolute Gasteiger partial charge is 0.394 e. The minimum atomic E-state index is -0.0533. The number of nitrogens with one attached hydrogen (secondary N) is 1. The average molecular weight is 257 g/mol. The Labute approximate surface area is 112 Å². The van der Waals surface area contributed by atoms with Crippen molar-refractivity contribution in [2.24, 2.45) is 5.92 Å². The number of aliphatic hydroxyl groups is 1. The summed E-state index contributed by atoms with van der Waals surface area (Å²) in [6.45, 7) is 8.47. The van der Waals surface area contributed by atoms with E-state index >= 15 is 0 Å². The minimum absolute atomic E-state index is 0.0533. The number of hydrogen-bond acceptors (Lipinski definition) is 3. The van der Waals surface area contributed by atoms with Crippen molar-refractivity contribution in [2.75, 3.05) is 19.8 Å². The molecule has 0 aromatic rings. The van der Waals surface area contributed by atoms with Crippen molar-refractivity contribution in [3.8, 4) is 0 Å². The molecule has 0 aliphatic heterocycles. The van der Waals surface area contributed by atoms with Crippen molar-refractivity contribution in [3.63, 3.8) is 0 Å². The molecule has 1 rings (SSSR count). The second kappa shape index (κ2) is 8.13. The maximum absolute atomic E-state index is 9.77. The van der Waals surface area contributed by atoms with Gasteiger partial charge in [-0.2, -0.15) is 0 Å². The van der Waals surface area contributed by atoms with Crippen LogP contribution >= 0.6 is 0 Å². The van der Waals surface area contributed by atoms with E-state index < -0.39 is 0 Å². The molecule has 0 bridgehead atoms. The molecule has 1 aliphatic rings. The van der Waals surface area contributed by atoms with Crippen molar-refractivity contribution in [3.05, 3.63) is 0 Å². The van der Waals surface area contributed by atoms with Gasteiger partial charge in [0, 0.05) is 24.8 Å². The number of ether oxygens (including phenoxy) is 1. The van der Waals surface area contributed by atoms with Crippen molar-refractivity contribution < 1.29 is 9.84 Å². The predicted molar refractivity (Wildman–Crippen MR) is 75.8 cm³/mol. The molecule has 1 fully saturated rings. The molecule has 2 unspecified atom stereocenters. The third kappa shape index (κ3) is 4.52. The third-order valence-corrected chi connectivity index (χ3v) is 4.07. The van der Waals surface area contributed by atoms with Gasteiger partial charge in [0.1, 0.15) is 0 Å². The van der Waals surface area contributed by atoms with Gasteiger partial charge in [-0.3, -0.25) is 0 Å². The Bertz CT molecular complexity index is 221. The number of unbranched alkanes of at least 4 members (excludes halogenated alkanes) is 1. The highest BCUT2D eigenvalue weighted by atomic mass is 16.5. The van der Waals surface area contributed by atoms with Crippen LogP contribution < -0.4 is 5.32 Å². The van der Waals surface area contributed by atoms with Gasteiger partial charge in [0.05, 0.1) is 6.61 Å². The maximum Gasteiger partial charge on any atom is 0.0616 e. The second-order valence-electron chi connectivity index (χ2n) is 5.96. The van der Waals surface area contributed by atoms with Crippen LogP contribution in [0.15, 0.2) is 0 Å². The van der Waals surface area contributed by atoms with Gasteiger partial charge in [0.15, 0.2) is 0 Å². The fraction of sp³-hybridized carbons (Fsp3) is 1.00. The summed E-state index contributed by atoms with van der Waals surface area (Å²) in [5.41, 5.74) is -0.0533. The molecule has 18 heavy (non-hydrogen) atoms. The lowest BCUT2D eigenvalue weighted by Crippen LogP contribution is -2.54. The lowest BCUT2D eigenvalue weighted by Gasteiger charge is -2.37. The first-order valence-electron chi connectivity index (χ1n) is 7.61. The summed E-state index contributed by atoms with van der Waals surface area (Å²) < 4.78 is 5.67. The van der Waals surface area contributed by atoms with Crippen LogP contribution in [0.25, 0.3) is 0 Å². The summed E-state index contributed by atoms with van der Waals surface area (Å²) in [6.07, 6.45) is 6.96. The van der Waals surface area contributed by atoms with Crippen LogP contribution in [-0.2, 0) is 4.74 Å². The molecule has 0 saturated heterocycles. The van der Waals surface area contributed by atoms with Crippen LogP contribution in [-0.4, -0.2) is 36.5 Å². The molecule has 3 heteroatoms. The summed E-state index contributed by atoms with van der Waals surface area (Å²) in [7, 11) is 0. The van der Waals surface area contributed by atoms with E-state index in [1.54, 1.807) is 0 Å². The van der Waals surface area contributed by atoms with Crippen LogP contribution in [0.3, 0.4) is 0 Å². The zero-order valence-electron chi connectivity index (χ0n) is 12.4. The van der Waals surface area contributed by atoms with Crippen LogP contribution in [0.1, 0.15) is 59.3 Å². The molecule has 0 heterocycles. The van der Waals surface area contributed by atoms with Gasteiger partial charge in [-0.1, -0.05) is 33.6 Å². The van der Waals surface area contributed by atoms with Gasteiger partial charge in [-0.15, -0.1) is 0 Å². The van der Waals surface area contributed by atoms with E-state index in [4.69, 9.17) is 4.74 Å². The van der Waals surface area contributed by atoms with Crippen LogP contribution in [0.2, 0.25) is 0 Å². The highest BCUT2D eigenvalue weighted by molar-refractivity contribution is 4.99. The first kappa shape index (κ1) is 15.9. The monoisotopic (exact) mass is 257 g/mol. The highest BCUT2D eigenvalue weighted by Crippen LogP contribution is 2.38. The van der Waals surface area contributed by atoms with Gasteiger partial charge in [-0.05, 0) is 31.6 Å². The predicted octanol–water partition coefficient (Wildman–Crippen LogP) is 2.72. The first-order chi connectivity index (χ1) is 8.64.